The van der Waals surface area contributed by atoms with Gasteiger partial charge in [0.05, 0.1) is 5.69 Å². The van der Waals surface area contributed by atoms with Gasteiger partial charge in [-0.2, -0.15) is 9.78 Å². The fraction of sp³-hybridized carbons (Fsp3) is 0.353. The zero-order chi connectivity index (χ0) is 17.3. The summed E-state index contributed by atoms with van der Waals surface area (Å²) in [5.41, 5.74) is 3.07. The van der Waals surface area contributed by atoms with E-state index in [0.717, 1.165) is 17.7 Å². The van der Waals surface area contributed by atoms with Crippen molar-refractivity contribution < 1.29 is 14.7 Å². The van der Waals surface area contributed by atoms with Gasteiger partial charge in [0.1, 0.15) is 0 Å². The van der Waals surface area contributed by atoms with E-state index in [1.54, 1.807) is 4.90 Å². The van der Waals surface area contributed by atoms with Crippen molar-refractivity contribution in [1.82, 2.24) is 15.1 Å². The molecule has 1 aliphatic heterocycles. The lowest BCUT2D eigenvalue weighted by atomic mass is 10.1. The van der Waals surface area contributed by atoms with Gasteiger partial charge in [-0.3, -0.25) is 4.90 Å². The van der Waals surface area contributed by atoms with Gasteiger partial charge in [-0.1, -0.05) is 25.1 Å². The molecule has 7 heteroatoms. The van der Waals surface area contributed by atoms with Crippen molar-refractivity contribution in [2.24, 2.45) is 0 Å². The van der Waals surface area contributed by atoms with E-state index in [-0.39, 0.29) is 11.7 Å². The van der Waals surface area contributed by atoms with E-state index in [9.17, 15) is 14.7 Å². The van der Waals surface area contributed by atoms with Gasteiger partial charge in [-0.05, 0) is 25.0 Å². The van der Waals surface area contributed by atoms with Crippen molar-refractivity contribution in [3.05, 3.63) is 46.8 Å². The highest BCUT2D eigenvalue weighted by molar-refractivity contribution is 5.96. The fourth-order valence-electron chi connectivity index (χ4n) is 3.08. The average molecular weight is 328 g/mol. The van der Waals surface area contributed by atoms with Crippen LogP contribution >= 0.6 is 0 Å². The molecule has 1 aromatic heterocycles. The van der Waals surface area contributed by atoms with Crippen LogP contribution in [0, 0.1) is 0 Å². The molecule has 3 rings (SSSR count). The quantitative estimate of drug-likeness (QED) is 0.899. The first-order chi connectivity index (χ1) is 11.6. The number of aromatic nitrogens is 2. The smallest absolute Gasteiger partial charge is 0.356 e. The number of hydrogen-bond donors (Lipinski definition) is 2. The Hall–Kier alpha value is -2.67. The SMILES string of the molecule is CCc1ccccc1N(CC)C(=O)n1nc(C(=O)O)c2c1CNC2. The minimum absolute atomic E-state index is 0.0526. The molecule has 0 saturated carbocycles. The molecular weight excluding hydrogens is 308 g/mol. The van der Waals surface area contributed by atoms with Crippen LogP contribution in [0.5, 0.6) is 0 Å². The lowest BCUT2D eigenvalue weighted by molar-refractivity contribution is 0.0688. The van der Waals surface area contributed by atoms with Crippen molar-refractivity contribution in [2.45, 2.75) is 33.4 Å². The highest BCUT2D eigenvalue weighted by Crippen LogP contribution is 2.25. The minimum Gasteiger partial charge on any atom is -0.476 e. The predicted octanol–water partition coefficient (Wildman–Crippen LogP) is 2.24. The van der Waals surface area contributed by atoms with Crippen LogP contribution in [0.15, 0.2) is 24.3 Å². The third-order valence-corrected chi connectivity index (χ3v) is 4.28. The van der Waals surface area contributed by atoms with Crippen LogP contribution in [0.25, 0.3) is 0 Å². The van der Waals surface area contributed by atoms with Crippen molar-refractivity contribution in [2.75, 3.05) is 11.4 Å². The van der Waals surface area contributed by atoms with Crippen molar-refractivity contribution in [3.8, 4) is 0 Å². The number of carboxylic acid groups (broad SMARTS) is 1. The van der Waals surface area contributed by atoms with Crippen LogP contribution in [-0.4, -0.2) is 33.4 Å². The Morgan fingerprint density at radius 1 is 1.29 bits per heavy atom. The van der Waals surface area contributed by atoms with Crippen LogP contribution in [0.2, 0.25) is 0 Å². The molecule has 2 heterocycles. The summed E-state index contributed by atoms with van der Waals surface area (Å²) in [5.74, 6) is -1.11. The first-order valence-corrected chi connectivity index (χ1v) is 8.03. The number of benzene rings is 1. The zero-order valence-corrected chi connectivity index (χ0v) is 13.7. The standard InChI is InChI=1S/C17H20N4O3/c1-3-11-7-5-6-8-13(11)20(4-2)17(24)21-14-10-18-9-12(14)15(19-21)16(22)23/h5-8,18H,3-4,9-10H2,1-2H3,(H,22,23). The molecule has 0 bridgehead atoms. The zero-order valence-electron chi connectivity index (χ0n) is 13.7. The number of anilines is 1. The summed E-state index contributed by atoms with van der Waals surface area (Å²) in [5, 5.41) is 16.5. The maximum Gasteiger partial charge on any atom is 0.356 e. The number of aromatic carboxylic acids is 1. The molecule has 2 N–H and O–H groups in total. The highest BCUT2D eigenvalue weighted by atomic mass is 16.4. The lowest BCUT2D eigenvalue weighted by Gasteiger charge is -2.23. The molecular formula is C17H20N4O3. The third kappa shape index (κ3) is 2.56. The van der Waals surface area contributed by atoms with Crippen LogP contribution in [0.4, 0.5) is 10.5 Å². The van der Waals surface area contributed by atoms with E-state index in [0.29, 0.717) is 30.9 Å². The summed E-state index contributed by atoms with van der Waals surface area (Å²) < 4.78 is 1.23. The second-order valence-corrected chi connectivity index (χ2v) is 5.60. The van der Waals surface area contributed by atoms with Gasteiger partial charge in [-0.15, -0.1) is 0 Å². The Morgan fingerprint density at radius 3 is 2.71 bits per heavy atom. The van der Waals surface area contributed by atoms with Crippen LogP contribution in [-0.2, 0) is 19.5 Å². The van der Waals surface area contributed by atoms with Gasteiger partial charge in [0.2, 0.25) is 0 Å². The number of nitrogens with zero attached hydrogens (tertiary/aromatic N) is 3. The molecule has 0 radical (unpaired) electrons. The Balaban J connectivity index is 2.05. The van der Waals surface area contributed by atoms with Gasteiger partial charge in [0, 0.05) is 30.9 Å². The van der Waals surface area contributed by atoms with Crippen LogP contribution in [0.1, 0.15) is 41.2 Å². The number of carboxylic acids is 1. The maximum absolute atomic E-state index is 13.0. The van der Waals surface area contributed by atoms with Gasteiger partial charge < -0.3 is 10.4 Å². The topological polar surface area (TPSA) is 87.5 Å². The molecule has 0 spiro atoms. The second-order valence-electron chi connectivity index (χ2n) is 5.60. The fourth-order valence-corrected chi connectivity index (χ4v) is 3.08. The third-order valence-electron chi connectivity index (χ3n) is 4.28. The Labute approximate surface area is 139 Å². The molecule has 1 aliphatic rings. The van der Waals surface area contributed by atoms with Gasteiger partial charge in [-0.25, -0.2) is 9.59 Å². The van der Waals surface area contributed by atoms with E-state index in [1.165, 1.54) is 4.68 Å². The van der Waals surface area contributed by atoms with Crippen LogP contribution in [0.3, 0.4) is 0 Å². The Kier molecular flexibility index (Phi) is 4.35. The predicted molar refractivity (Wildman–Crippen MR) is 89.4 cm³/mol. The number of carbonyl (C=O) groups excluding carboxylic acids is 1. The molecule has 1 amide bonds. The second kappa shape index (κ2) is 6.45. The number of fused-ring (bicyclic) bond motifs is 1. The number of amides is 1. The molecule has 0 aliphatic carbocycles. The molecule has 126 valence electrons. The van der Waals surface area contributed by atoms with Gasteiger partial charge in [0.15, 0.2) is 5.69 Å². The van der Waals surface area contributed by atoms with Crippen molar-refractivity contribution in [1.29, 1.82) is 0 Å². The van der Waals surface area contributed by atoms with E-state index in [4.69, 9.17) is 0 Å². The van der Waals surface area contributed by atoms with Gasteiger partial charge in [0.25, 0.3) is 0 Å². The van der Waals surface area contributed by atoms with E-state index in [1.807, 2.05) is 38.1 Å². The molecule has 1 aromatic carbocycles. The number of nitrogens with one attached hydrogen (secondary N) is 1. The van der Waals surface area contributed by atoms with Crippen molar-refractivity contribution in [3.63, 3.8) is 0 Å². The number of aryl methyl sites for hydroxylation is 1. The number of carbonyl (C=O) groups is 2. The van der Waals surface area contributed by atoms with E-state index >= 15 is 0 Å². The molecule has 0 saturated heterocycles. The Bertz CT molecular complexity index is 797. The number of rotatable bonds is 4. The molecule has 0 atom stereocenters. The molecule has 7 nitrogen and oxygen atoms in total. The van der Waals surface area contributed by atoms with Crippen molar-refractivity contribution >= 4 is 17.7 Å². The molecule has 24 heavy (non-hydrogen) atoms. The Morgan fingerprint density at radius 2 is 2.04 bits per heavy atom. The minimum atomic E-state index is -1.11. The van der Waals surface area contributed by atoms with Gasteiger partial charge >= 0.3 is 12.0 Å². The number of hydrogen-bond acceptors (Lipinski definition) is 4. The molecule has 0 unspecified atom stereocenters. The summed E-state index contributed by atoms with van der Waals surface area (Å²) in [6.07, 6.45) is 0.805. The first-order valence-electron chi connectivity index (χ1n) is 8.03. The molecule has 2 aromatic rings. The summed E-state index contributed by atoms with van der Waals surface area (Å²) in [6.45, 7) is 5.26. The van der Waals surface area contributed by atoms with E-state index in [2.05, 4.69) is 10.4 Å². The average Bonchev–Trinajstić information content (AvgIpc) is 3.17. The summed E-state index contributed by atoms with van der Waals surface area (Å²) >= 11 is 0. The highest BCUT2D eigenvalue weighted by Gasteiger charge is 2.30. The largest absolute Gasteiger partial charge is 0.476 e. The number of para-hydroxylation sites is 1. The maximum atomic E-state index is 13.0. The summed E-state index contributed by atoms with van der Waals surface area (Å²) in [6, 6.07) is 7.40. The monoisotopic (exact) mass is 328 g/mol. The normalized spacial score (nSPS) is 12.9. The summed E-state index contributed by atoms with van der Waals surface area (Å²) in [4.78, 5) is 26.1. The molecule has 0 fully saturated rings. The lowest BCUT2D eigenvalue weighted by Crippen LogP contribution is -2.37. The first kappa shape index (κ1) is 16.2. The van der Waals surface area contributed by atoms with E-state index < -0.39 is 5.97 Å². The van der Waals surface area contributed by atoms with Crippen LogP contribution < -0.4 is 10.2 Å². The summed E-state index contributed by atoms with van der Waals surface area (Å²) in [7, 11) is 0.